The SMILES string of the molecule is Fc1ccc(Cl)cc1-c1cc(-c2cccnc2)c2c(n1)NCCO2. The average Bonchev–Trinajstić information content (AvgIpc) is 2.63. The lowest BCUT2D eigenvalue weighted by Gasteiger charge is -2.22. The summed E-state index contributed by atoms with van der Waals surface area (Å²) in [4.78, 5) is 8.67. The maximum Gasteiger partial charge on any atom is 0.170 e. The van der Waals surface area contributed by atoms with E-state index < -0.39 is 0 Å². The first-order chi connectivity index (χ1) is 11.7. The Bertz CT molecular complexity index is 902. The molecule has 24 heavy (non-hydrogen) atoms. The van der Waals surface area contributed by atoms with Crippen molar-refractivity contribution in [1.29, 1.82) is 0 Å². The maximum atomic E-state index is 14.3. The molecule has 1 N–H and O–H groups in total. The lowest BCUT2D eigenvalue weighted by molar-refractivity contribution is 0.323. The van der Waals surface area contributed by atoms with Crippen LogP contribution >= 0.6 is 11.6 Å². The van der Waals surface area contributed by atoms with Crippen LogP contribution in [0.5, 0.6) is 5.75 Å². The van der Waals surface area contributed by atoms with Crippen molar-refractivity contribution in [3.63, 3.8) is 0 Å². The second kappa shape index (κ2) is 6.09. The fraction of sp³-hybridized carbons (Fsp3) is 0.111. The van der Waals surface area contributed by atoms with Gasteiger partial charge in [0.25, 0.3) is 0 Å². The number of fused-ring (bicyclic) bond motifs is 1. The molecule has 0 aliphatic carbocycles. The Kier molecular flexibility index (Phi) is 3.78. The summed E-state index contributed by atoms with van der Waals surface area (Å²) in [5.74, 6) is 0.873. The topological polar surface area (TPSA) is 47.0 Å². The molecule has 0 unspecified atom stereocenters. The van der Waals surface area contributed by atoms with Crippen LogP contribution in [0.3, 0.4) is 0 Å². The van der Waals surface area contributed by atoms with Crippen molar-refractivity contribution in [2.45, 2.75) is 0 Å². The number of hydrogen-bond donors (Lipinski definition) is 1. The van der Waals surface area contributed by atoms with Crippen molar-refractivity contribution in [1.82, 2.24) is 9.97 Å². The Labute approximate surface area is 143 Å². The molecule has 0 bridgehead atoms. The molecular weight excluding hydrogens is 329 g/mol. The lowest BCUT2D eigenvalue weighted by atomic mass is 10.0. The Morgan fingerprint density at radius 2 is 2.08 bits per heavy atom. The molecule has 0 amide bonds. The summed E-state index contributed by atoms with van der Waals surface area (Å²) in [6, 6.07) is 10.0. The van der Waals surface area contributed by atoms with Gasteiger partial charge >= 0.3 is 0 Å². The highest BCUT2D eigenvalue weighted by Crippen LogP contribution is 2.40. The Balaban J connectivity index is 1.95. The number of hydrogen-bond acceptors (Lipinski definition) is 4. The standard InChI is InChI=1S/C18H13ClFN3O/c19-12-3-4-15(20)14(8-12)16-9-13(11-2-1-5-21-10-11)17-18(23-16)22-6-7-24-17/h1-5,8-10H,6-7H2,(H,22,23). The van der Waals surface area contributed by atoms with Gasteiger partial charge in [0.05, 0.1) is 12.2 Å². The van der Waals surface area contributed by atoms with Crippen LogP contribution in [0.15, 0.2) is 48.8 Å². The van der Waals surface area contributed by atoms with Crippen LogP contribution in [-0.4, -0.2) is 23.1 Å². The van der Waals surface area contributed by atoms with E-state index in [1.165, 1.54) is 12.1 Å². The largest absolute Gasteiger partial charge is 0.487 e. The van der Waals surface area contributed by atoms with Crippen molar-refractivity contribution in [2.24, 2.45) is 0 Å². The van der Waals surface area contributed by atoms with Gasteiger partial charge in [-0.15, -0.1) is 0 Å². The second-order valence-electron chi connectivity index (χ2n) is 5.37. The first-order valence-electron chi connectivity index (χ1n) is 7.50. The van der Waals surface area contributed by atoms with Crippen LogP contribution in [0, 0.1) is 5.82 Å². The average molecular weight is 342 g/mol. The second-order valence-corrected chi connectivity index (χ2v) is 5.81. The van der Waals surface area contributed by atoms with Crippen molar-refractivity contribution in [3.8, 4) is 28.1 Å². The van der Waals surface area contributed by atoms with Crippen molar-refractivity contribution in [3.05, 3.63) is 59.6 Å². The normalized spacial score (nSPS) is 12.9. The minimum atomic E-state index is -0.374. The van der Waals surface area contributed by atoms with Gasteiger partial charge in [-0.2, -0.15) is 0 Å². The van der Waals surface area contributed by atoms with E-state index in [0.717, 1.165) is 11.1 Å². The molecule has 1 aromatic carbocycles. The molecule has 3 heterocycles. The highest BCUT2D eigenvalue weighted by Gasteiger charge is 2.20. The number of pyridine rings is 2. The molecule has 1 aliphatic heterocycles. The highest BCUT2D eigenvalue weighted by atomic mass is 35.5. The molecule has 0 atom stereocenters. The summed E-state index contributed by atoms with van der Waals surface area (Å²) in [7, 11) is 0. The summed E-state index contributed by atoms with van der Waals surface area (Å²) in [5, 5.41) is 3.66. The molecule has 4 nitrogen and oxygen atoms in total. The van der Waals surface area contributed by atoms with Crippen LogP contribution in [0.25, 0.3) is 22.4 Å². The van der Waals surface area contributed by atoms with Crippen molar-refractivity contribution in [2.75, 3.05) is 18.5 Å². The fourth-order valence-corrected chi connectivity index (χ4v) is 2.86. The molecule has 6 heteroatoms. The van der Waals surface area contributed by atoms with E-state index in [2.05, 4.69) is 15.3 Å². The molecule has 4 rings (SSSR count). The van der Waals surface area contributed by atoms with Crippen molar-refractivity contribution < 1.29 is 9.13 Å². The molecular formula is C18H13ClFN3O. The number of nitrogens with zero attached hydrogens (tertiary/aromatic N) is 2. The van der Waals surface area contributed by atoms with Crippen LogP contribution in [0.1, 0.15) is 0 Å². The molecule has 0 saturated heterocycles. The molecule has 3 aromatic rings. The van der Waals surface area contributed by atoms with Crippen LogP contribution < -0.4 is 10.1 Å². The number of ether oxygens (including phenoxy) is 1. The maximum absolute atomic E-state index is 14.3. The lowest BCUT2D eigenvalue weighted by Crippen LogP contribution is -2.20. The summed E-state index contributed by atoms with van der Waals surface area (Å²) < 4.78 is 20.0. The van der Waals surface area contributed by atoms with Crippen LogP contribution in [0.2, 0.25) is 5.02 Å². The van der Waals surface area contributed by atoms with Gasteiger partial charge < -0.3 is 10.1 Å². The van der Waals surface area contributed by atoms with Crippen LogP contribution in [0.4, 0.5) is 10.2 Å². The molecule has 0 saturated carbocycles. The van der Waals surface area contributed by atoms with Gasteiger partial charge in [-0.1, -0.05) is 17.7 Å². The van der Waals surface area contributed by atoms with Crippen molar-refractivity contribution >= 4 is 17.4 Å². The number of benzene rings is 1. The molecule has 0 fully saturated rings. The number of anilines is 1. The summed E-state index contributed by atoms with van der Waals surface area (Å²) in [5.41, 5.74) is 2.53. The Morgan fingerprint density at radius 1 is 1.17 bits per heavy atom. The fourth-order valence-electron chi connectivity index (χ4n) is 2.69. The third-order valence-corrected chi connectivity index (χ3v) is 4.03. The minimum absolute atomic E-state index is 0.350. The molecule has 120 valence electrons. The minimum Gasteiger partial charge on any atom is -0.487 e. The monoisotopic (exact) mass is 341 g/mol. The predicted octanol–water partition coefficient (Wildman–Crippen LogP) is 4.41. The van der Waals surface area contributed by atoms with Gasteiger partial charge in [0.2, 0.25) is 0 Å². The van der Waals surface area contributed by atoms with Gasteiger partial charge in [0.1, 0.15) is 12.4 Å². The molecule has 0 radical (unpaired) electrons. The smallest absolute Gasteiger partial charge is 0.170 e. The van der Waals surface area contributed by atoms with Gasteiger partial charge in [0, 0.05) is 34.1 Å². The number of rotatable bonds is 2. The number of nitrogens with one attached hydrogen (secondary N) is 1. The third-order valence-electron chi connectivity index (χ3n) is 3.79. The van der Waals surface area contributed by atoms with Crippen LogP contribution in [-0.2, 0) is 0 Å². The zero-order valence-corrected chi connectivity index (χ0v) is 13.3. The van der Waals surface area contributed by atoms with E-state index in [1.807, 2.05) is 12.1 Å². The Hall–Kier alpha value is -2.66. The van der Waals surface area contributed by atoms with E-state index in [-0.39, 0.29) is 5.82 Å². The summed E-state index contributed by atoms with van der Waals surface area (Å²) in [6.07, 6.45) is 3.44. The first kappa shape index (κ1) is 14.9. The zero-order chi connectivity index (χ0) is 16.5. The van der Waals surface area contributed by atoms with Gasteiger partial charge in [-0.05, 0) is 30.3 Å². The summed E-state index contributed by atoms with van der Waals surface area (Å²) in [6.45, 7) is 1.20. The number of aromatic nitrogens is 2. The molecule has 2 aromatic heterocycles. The predicted molar refractivity (Wildman–Crippen MR) is 91.9 cm³/mol. The number of halogens is 2. The quantitative estimate of drug-likeness (QED) is 0.750. The van der Waals surface area contributed by atoms with E-state index >= 15 is 0 Å². The third kappa shape index (κ3) is 2.67. The van der Waals surface area contributed by atoms with E-state index in [9.17, 15) is 4.39 Å². The first-order valence-corrected chi connectivity index (χ1v) is 7.88. The van der Waals surface area contributed by atoms with Gasteiger partial charge in [-0.3, -0.25) is 4.98 Å². The van der Waals surface area contributed by atoms with E-state index in [4.69, 9.17) is 16.3 Å². The molecule has 1 aliphatic rings. The summed E-state index contributed by atoms with van der Waals surface area (Å²) >= 11 is 6.02. The Morgan fingerprint density at radius 3 is 2.92 bits per heavy atom. The van der Waals surface area contributed by atoms with E-state index in [0.29, 0.717) is 41.0 Å². The van der Waals surface area contributed by atoms with Gasteiger partial charge in [0.15, 0.2) is 11.6 Å². The molecule has 0 spiro atoms. The van der Waals surface area contributed by atoms with E-state index in [1.54, 1.807) is 24.5 Å². The highest BCUT2D eigenvalue weighted by molar-refractivity contribution is 6.30. The zero-order valence-electron chi connectivity index (χ0n) is 12.6. The van der Waals surface area contributed by atoms with Gasteiger partial charge in [-0.25, -0.2) is 9.37 Å².